The maximum absolute atomic E-state index is 8.25. The van der Waals surface area contributed by atoms with Crippen molar-refractivity contribution in [1.82, 2.24) is 0 Å². The molecule has 0 fully saturated rings. The average molecular weight is 934 g/mol. The Kier molecular flexibility index (Phi) is 2500. The topological polar surface area (TPSA) is 507 Å². The summed E-state index contributed by atoms with van der Waals surface area (Å²) < 4.78 is 0. The third kappa shape index (κ3) is 493. The van der Waals surface area contributed by atoms with Gasteiger partial charge in [-0.1, -0.05) is 0 Å². The molecule has 0 aromatic rings. The Labute approximate surface area is 357 Å². The zero-order chi connectivity index (χ0) is 27.4. The second-order valence-corrected chi connectivity index (χ2v) is 3.62. The molecule has 0 saturated carbocycles. The molecule has 0 saturated heterocycles. The molecule has 0 unspecified atom stereocenters. The summed E-state index contributed by atoms with van der Waals surface area (Å²) in [6, 6.07) is 0. The second kappa shape index (κ2) is 514. The molecule has 0 amide bonds. The molecule has 2 N–H and O–H groups in total. The fourth-order valence-corrected chi connectivity index (χ4v) is 1.50. The third-order valence-corrected chi connectivity index (χ3v) is 3.00. The first-order valence-electron chi connectivity index (χ1n) is 9.63. The monoisotopic (exact) mass is 934 g/mol. The molecular weight excluding hydrogens is 878 g/mol. The first kappa shape index (κ1) is 229. The first-order valence-corrected chi connectivity index (χ1v) is 9.63. The summed E-state index contributed by atoms with van der Waals surface area (Å²) in [5.41, 5.74) is 0. The smallest absolute Gasteiger partial charge is 2.00 e. The van der Waals surface area contributed by atoms with Crippen LogP contribution in [-0.4, -0.2) is 96.1 Å². The van der Waals surface area contributed by atoms with Gasteiger partial charge in [-0.3, -0.25) is 0 Å². The van der Waals surface area contributed by atoms with Crippen LogP contribution in [0.25, 0.3) is 0 Å². The Morgan fingerprint density at radius 3 is 0.277 bits per heavy atom. The summed E-state index contributed by atoms with van der Waals surface area (Å²) in [4.78, 5) is 3.36. The molecule has 0 bridgehead atoms. The van der Waals surface area contributed by atoms with Crippen LogP contribution in [0.3, 0.4) is 0 Å². The molecule has 0 aliphatic rings. The van der Waals surface area contributed by atoms with Crippen LogP contribution < -0.4 is 50.7 Å². The molecule has 0 rings (SSSR count). The quantitative estimate of drug-likeness (QED) is 0.257. The fourth-order valence-electron chi connectivity index (χ4n) is 1.50. The Morgan fingerprint density at radius 2 is 0.277 bits per heavy atom. The van der Waals surface area contributed by atoms with Gasteiger partial charge in [-0.25, -0.2) is 0 Å². The van der Waals surface area contributed by atoms with Crippen molar-refractivity contribution in [3.8, 4) is 0 Å². The van der Waals surface area contributed by atoms with Crippen molar-refractivity contribution in [3.63, 3.8) is 0 Å². The van der Waals surface area contributed by atoms with Crippen molar-refractivity contribution < 1.29 is 222 Å². The van der Waals surface area contributed by atoms with Gasteiger partial charge in [-0.05, 0) is 41.5 Å². The van der Waals surface area contributed by atoms with Gasteiger partial charge in [0.05, 0.1) is 39.3 Å². The number of quaternary nitrogens is 2. The third-order valence-electron chi connectivity index (χ3n) is 3.00. The minimum atomic E-state index is 0. The zero-order valence-corrected chi connectivity index (χ0v) is 38.1. The standard InChI is InChI=1S/2C6H15N.8CH3O.11O.6V/c2*1-4-7(5-2)6-3;8*1-2;;;;;;;;;;;;;;;;;/h2*4-6H2,1-3H3;8*1H3;;;;;;;;;;;;;;;;;/q;;8*-1;11*-2;;;;;2*+4/p+2. The van der Waals surface area contributed by atoms with Crippen molar-refractivity contribution >= 4 is 0 Å². The van der Waals surface area contributed by atoms with Gasteiger partial charge < -0.3 is 111 Å². The van der Waals surface area contributed by atoms with E-state index in [4.69, 9.17) is 40.9 Å². The van der Waals surface area contributed by atoms with Crippen LogP contribution in [0.15, 0.2) is 0 Å². The van der Waals surface area contributed by atoms with Crippen molar-refractivity contribution in [2.45, 2.75) is 41.5 Å². The minimum absolute atomic E-state index is 0. The van der Waals surface area contributed by atoms with Crippen molar-refractivity contribution in [1.29, 1.82) is 0 Å². The predicted octanol–water partition coefficient (Wildman–Crippen LogP) is -9.65. The Hall–Kier alpha value is 2.67. The van der Waals surface area contributed by atoms with Gasteiger partial charge in [0.2, 0.25) is 0 Å². The molecule has 0 heterocycles. The van der Waals surface area contributed by atoms with E-state index in [-0.39, 0.29) is 172 Å². The van der Waals surface area contributed by atoms with Gasteiger partial charge in [-0.2, -0.15) is 56.9 Å². The maximum atomic E-state index is 8.25. The van der Waals surface area contributed by atoms with Gasteiger partial charge in [-0.15, -0.1) is 0 Å². The van der Waals surface area contributed by atoms with Crippen LogP contribution in [0, 0.1) is 0 Å². The number of hydrogen-bond donors (Lipinski definition) is 2. The second-order valence-electron chi connectivity index (χ2n) is 3.62. The van der Waals surface area contributed by atoms with Crippen LogP contribution >= 0.6 is 0 Å². The summed E-state index contributed by atoms with van der Waals surface area (Å²) in [5, 5.41) is 66.0. The zero-order valence-electron chi connectivity index (χ0n) is 29.7. The van der Waals surface area contributed by atoms with Gasteiger partial charge >= 0.3 is 37.1 Å². The van der Waals surface area contributed by atoms with Gasteiger partial charge in [0, 0.05) is 74.2 Å². The normalized spacial score (nSPS) is 4.09. The fraction of sp³-hybridized carbons (Fsp3) is 1.00. The van der Waals surface area contributed by atoms with Crippen LogP contribution in [0.2, 0.25) is 0 Å². The first-order chi connectivity index (χ1) is 14.7. The average Bonchev–Trinajstić information content (AvgIpc) is 2.91. The Balaban J connectivity index is -0.00000000382. The predicted molar refractivity (Wildman–Crippen MR) is 120 cm³/mol. The Bertz CT molecular complexity index is 131. The number of hydrogen-bond acceptors (Lipinski definition) is 8. The molecule has 0 aromatic heterocycles. The molecular formula is C20H56N2O19V6-20. The summed E-state index contributed by atoms with van der Waals surface area (Å²) in [6.45, 7) is 21.0. The number of rotatable bonds is 6. The van der Waals surface area contributed by atoms with E-state index in [2.05, 4.69) is 41.5 Å². The molecule has 27 heteroatoms. The van der Waals surface area contributed by atoms with E-state index in [0.29, 0.717) is 0 Å². The van der Waals surface area contributed by atoms with E-state index >= 15 is 0 Å². The van der Waals surface area contributed by atoms with E-state index in [1.807, 2.05) is 0 Å². The SMILES string of the molecule is CC[NH+](CC)CC.CC[NH+](CC)CC.C[O-].C[O-].C[O-].C[O-].C[O-].C[O-].C[O-].C[O-].[O-2].[O-2].[O-2].[O-2].[O-2].[O-2].[O-2].[O-2].[O-2].[O-2].[O-2].[V+4].[V+4].[V].[V].[V].[V]. The van der Waals surface area contributed by atoms with Gasteiger partial charge in [0.15, 0.2) is 0 Å². The molecule has 6 radical (unpaired) electrons. The molecule has 0 aliphatic heterocycles. The molecule has 0 spiro atoms. The van der Waals surface area contributed by atoms with Crippen molar-refractivity contribution in [2.24, 2.45) is 0 Å². The van der Waals surface area contributed by atoms with Crippen LogP contribution in [0.5, 0.6) is 0 Å². The van der Waals surface area contributed by atoms with Crippen LogP contribution in [0.4, 0.5) is 0 Å². The summed E-state index contributed by atoms with van der Waals surface area (Å²) >= 11 is 0. The molecule has 0 atom stereocenters. The molecule has 0 aliphatic carbocycles. The summed E-state index contributed by atoms with van der Waals surface area (Å²) in [7, 11) is 6.00. The molecule has 310 valence electrons. The van der Waals surface area contributed by atoms with Crippen molar-refractivity contribution in [2.75, 3.05) is 96.1 Å². The van der Waals surface area contributed by atoms with E-state index in [1.54, 1.807) is 9.80 Å². The van der Waals surface area contributed by atoms with Gasteiger partial charge in [0.1, 0.15) is 0 Å². The maximum Gasteiger partial charge on any atom is 4.00 e. The van der Waals surface area contributed by atoms with Gasteiger partial charge in [0.25, 0.3) is 0 Å². The molecule has 0 aromatic carbocycles. The van der Waals surface area contributed by atoms with Crippen LogP contribution in [0.1, 0.15) is 41.5 Å². The van der Waals surface area contributed by atoms with E-state index < -0.39 is 0 Å². The van der Waals surface area contributed by atoms with E-state index in [0.717, 1.165) is 56.9 Å². The molecule has 21 nitrogen and oxygen atoms in total. The van der Waals surface area contributed by atoms with E-state index in [9.17, 15) is 0 Å². The summed E-state index contributed by atoms with van der Waals surface area (Å²) in [6.07, 6.45) is 0. The Morgan fingerprint density at radius 1 is 0.234 bits per heavy atom. The van der Waals surface area contributed by atoms with Crippen molar-refractivity contribution in [3.05, 3.63) is 0 Å². The van der Waals surface area contributed by atoms with E-state index in [1.165, 1.54) is 39.3 Å². The molecule has 47 heavy (non-hydrogen) atoms. The minimum Gasteiger partial charge on any atom is -2.00 e. The van der Waals surface area contributed by atoms with Crippen LogP contribution in [-0.2, 0) is 172 Å². The largest absolute Gasteiger partial charge is 4.00 e. The summed E-state index contributed by atoms with van der Waals surface area (Å²) in [5.74, 6) is 0. The number of nitrogens with one attached hydrogen (secondary N) is 2.